The van der Waals surface area contributed by atoms with Gasteiger partial charge in [0.1, 0.15) is 33.9 Å². The smallest absolute Gasteiger partial charge is 0.276 e. The Morgan fingerprint density at radius 1 is 0.762 bits per heavy atom. The van der Waals surface area contributed by atoms with Crippen LogP contribution in [0.15, 0.2) is 48.6 Å². The van der Waals surface area contributed by atoms with Gasteiger partial charge >= 0.3 is 0 Å². The third-order valence-corrected chi connectivity index (χ3v) is 10.6. The van der Waals surface area contributed by atoms with Crippen molar-refractivity contribution in [2.24, 2.45) is 11.6 Å². The van der Waals surface area contributed by atoms with Crippen LogP contribution in [-0.4, -0.2) is 114 Å². The standard InChI is InChI=1S/C42H52N14O7/c1-6-55-31(19-25(3)50-55)39(59)47-41-46-30-22-28(38(58)49-44)24-33(61-5)35(30)53(41)12-8-9-13-54-36-29(45-42(54)48-40(60)32-20-26(4)51-56(32)7-2)21-27(37(43)57)23-34(36)63-16-10-11-52-14-17-62-18-15-52/h8-9,19-24H,6-7,10-18,44H2,1-5H3,(H2,43,57)(H,49,58)(H,45,48,60)(H,46,47,59)/b9-8+. The van der Waals surface area contributed by atoms with Crippen LogP contribution in [0.2, 0.25) is 0 Å². The molecule has 0 aliphatic carbocycles. The van der Waals surface area contributed by atoms with Crippen molar-refractivity contribution >= 4 is 57.6 Å². The third kappa shape index (κ3) is 9.54. The molecule has 21 heteroatoms. The molecule has 0 spiro atoms. The number of nitrogens with two attached hydrogens (primary N) is 2. The summed E-state index contributed by atoms with van der Waals surface area (Å²) in [6, 6.07) is 9.63. The van der Waals surface area contributed by atoms with Gasteiger partial charge in [0, 0.05) is 56.9 Å². The number of benzene rings is 2. The number of ether oxygens (including phenoxy) is 3. The quantitative estimate of drug-likeness (QED) is 0.0274. The van der Waals surface area contributed by atoms with Crippen LogP contribution in [0.5, 0.6) is 11.5 Å². The van der Waals surface area contributed by atoms with Crippen LogP contribution >= 0.6 is 0 Å². The number of imidazole rings is 2. The zero-order valence-electron chi connectivity index (χ0n) is 35.9. The second-order valence-corrected chi connectivity index (χ2v) is 14.8. The highest BCUT2D eigenvalue weighted by Gasteiger charge is 2.24. The van der Waals surface area contributed by atoms with Gasteiger partial charge in [0.05, 0.1) is 49.4 Å². The Hall–Kier alpha value is -7.10. The molecule has 0 saturated carbocycles. The molecule has 21 nitrogen and oxygen atoms in total. The van der Waals surface area contributed by atoms with E-state index in [1.54, 1.807) is 55.8 Å². The van der Waals surface area contributed by atoms with E-state index in [0.29, 0.717) is 95.7 Å². The fourth-order valence-corrected chi connectivity index (χ4v) is 7.55. The van der Waals surface area contributed by atoms with E-state index >= 15 is 0 Å². The number of aryl methyl sites for hydroxylation is 4. The summed E-state index contributed by atoms with van der Waals surface area (Å²) in [5, 5.41) is 14.7. The molecule has 7 rings (SSSR count). The summed E-state index contributed by atoms with van der Waals surface area (Å²) in [5.41, 5.74) is 12.1. The largest absolute Gasteiger partial charge is 0.494 e. The first-order valence-electron chi connectivity index (χ1n) is 20.7. The molecule has 0 bridgehead atoms. The summed E-state index contributed by atoms with van der Waals surface area (Å²) >= 11 is 0. The number of fused-ring (bicyclic) bond motifs is 2. The number of hydrogen-bond acceptors (Lipinski definition) is 13. The first kappa shape index (κ1) is 44.0. The van der Waals surface area contributed by atoms with Gasteiger partial charge in [-0.1, -0.05) is 12.2 Å². The van der Waals surface area contributed by atoms with Crippen LogP contribution in [0, 0.1) is 13.8 Å². The monoisotopic (exact) mass is 864 g/mol. The number of rotatable bonds is 18. The Balaban J connectivity index is 1.26. The highest BCUT2D eigenvalue weighted by molar-refractivity contribution is 6.05. The molecule has 332 valence electrons. The lowest BCUT2D eigenvalue weighted by atomic mass is 10.1. The van der Waals surface area contributed by atoms with E-state index in [2.05, 4.69) is 31.2 Å². The van der Waals surface area contributed by atoms with Crippen molar-refractivity contribution in [3.8, 4) is 11.5 Å². The first-order valence-corrected chi connectivity index (χ1v) is 20.7. The number of morpholine rings is 1. The predicted octanol–water partition coefficient (Wildman–Crippen LogP) is 3.01. The Morgan fingerprint density at radius 2 is 1.29 bits per heavy atom. The number of amides is 4. The molecule has 6 aromatic rings. The maximum absolute atomic E-state index is 13.8. The van der Waals surface area contributed by atoms with Crippen molar-refractivity contribution in [2.45, 2.75) is 60.3 Å². The molecule has 2 aromatic carbocycles. The summed E-state index contributed by atoms with van der Waals surface area (Å²) in [6.07, 6.45) is 4.42. The van der Waals surface area contributed by atoms with Gasteiger partial charge in [-0.05, 0) is 70.5 Å². The van der Waals surface area contributed by atoms with Crippen molar-refractivity contribution < 1.29 is 33.4 Å². The van der Waals surface area contributed by atoms with E-state index in [9.17, 15) is 19.2 Å². The van der Waals surface area contributed by atoms with E-state index in [1.807, 2.05) is 32.9 Å². The van der Waals surface area contributed by atoms with Gasteiger partial charge in [-0.2, -0.15) is 10.2 Å². The average molecular weight is 865 g/mol. The Labute approximate surface area is 362 Å². The molecule has 0 unspecified atom stereocenters. The molecule has 0 radical (unpaired) electrons. The van der Waals surface area contributed by atoms with Crippen LogP contribution < -0.4 is 37.1 Å². The minimum Gasteiger partial charge on any atom is -0.494 e. The molecule has 5 heterocycles. The molecule has 4 aromatic heterocycles. The van der Waals surface area contributed by atoms with Crippen molar-refractivity contribution in [1.29, 1.82) is 0 Å². The first-order chi connectivity index (χ1) is 30.4. The molecule has 63 heavy (non-hydrogen) atoms. The second kappa shape index (κ2) is 19.3. The van der Waals surface area contributed by atoms with Gasteiger partial charge in [0.2, 0.25) is 17.8 Å². The second-order valence-electron chi connectivity index (χ2n) is 14.8. The number of hydrogen-bond donors (Lipinski definition) is 5. The van der Waals surface area contributed by atoms with Crippen LogP contribution in [0.1, 0.15) is 73.3 Å². The van der Waals surface area contributed by atoms with Crippen molar-refractivity contribution in [3.05, 3.63) is 82.5 Å². The molecule has 1 fully saturated rings. The summed E-state index contributed by atoms with van der Waals surface area (Å²) in [7, 11) is 1.47. The number of hydrazine groups is 1. The van der Waals surface area contributed by atoms with Crippen LogP contribution in [0.3, 0.4) is 0 Å². The van der Waals surface area contributed by atoms with Gasteiger partial charge in [-0.15, -0.1) is 0 Å². The van der Waals surface area contributed by atoms with E-state index in [-0.39, 0.29) is 36.1 Å². The molecule has 1 saturated heterocycles. The normalized spacial score (nSPS) is 13.2. The lowest BCUT2D eigenvalue weighted by molar-refractivity contribution is 0.0358. The lowest BCUT2D eigenvalue weighted by Gasteiger charge is -2.26. The van der Waals surface area contributed by atoms with Crippen LogP contribution in [-0.2, 0) is 30.9 Å². The van der Waals surface area contributed by atoms with Gasteiger partial charge < -0.3 is 29.1 Å². The fraction of sp³-hybridized carbons (Fsp3) is 0.381. The summed E-state index contributed by atoms with van der Waals surface area (Å²) in [6.45, 7) is 12.8. The van der Waals surface area contributed by atoms with Gasteiger partial charge in [0.25, 0.3) is 17.7 Å². The summed E-state index contributed by atoms with van der Waals surface area (Å²) in [4.78, 5) is 64.5. The van der Waals surface area contributed by atoms with Crippen molar-refractivity contribution in [3.63, 3.8) is 0 Å². The molecule has 4 amide bonds. The van der Waals surface area contributed by atoms with E-state index < -0.39 is 23.6 Å². The summed E-state index contributed by atoms with van der Waals surface area (Å²) < 4.78 is 24.3. The zero-order chi connectivity index (χ0) is 44.8. The number of carbonyl (C=O) groups is 4. The number of nitrogen functional groups attached to an aromatic ring is 1. The van der Waals surface area contributed by atoms with Gasteiger partial charge in [-0.3, -0.25) is 49.5 Å². The molecule has 0 atom stereocenters. The molecular weight excluding hydrogens is 813 g/mol. The Morgan fingerprint density at radius 3 is 1.79 bits per heavy atom. The fourth-order valence-electron chi connectivity index (χ4n) is 7.55. The number of nitrogens with one attached hydrogen (secondary N) is 3. The zero-order valence-corrected chi connectivity index (χ0v) is 35.9. The number of nitrogens with zero attached hydrogens (tertiary/aromatic N) is 9. The maximum atomic E-state index is 13.8. The maximum Gasteiger partial charge on any atom is 0.276 e. The lowest BCUT2D eigenvalue weighted by Crippen LogP contribution is -2.37. The predicted molar refractivity (Wildman–Crippen MR) is 234 cm³/mol. The van der Waals surface area contributed by atoms with Crippen molar-refractivity contribution in [2.75, 3.05) is 57.2 Å². The number of allylic oxidation sites excluding steroid dienone is 2. The minimum atomic E-state index is -0.659. The Bertz CT molecular complexity index is 2700. The van der Waals surface area contributed by atoms with Crippen LogP contribution in [0.4, 0.5) is 11.9 Å². The number of methoxy groups -OCH3 is 1. The van der Waals surface area contributed by atoms with Crippen molar-refractivity contribution in [1.82, 2.24) is 49.0 Å². The van der Waals surface area contributed by atoms with E-state index in [1.165, 1.54) is 13.2 Å². The number of carbonyl (C=O) groups excluding carboxylic acids is 4. The van der Waals surface area contributed by atoms with Gasteiger partial charge in [-0.25, -0.2) is 15.8 Å². The molecular formula is C42H52N14O7. The molecule has 1 aliphatic rings. The number of aromatic nitrogens is 8. The Kier molecular flexibility index (Phi) is 13.5. The third-order valence-electron chi connectivity index (χ3n) is 10.6. The van der Waals surface area contributed by atoms with E-state index in [4.69, 9.17) is 35.8 Å². The van der Waals surface area contributed by atoms with Crippen LogP contribution in [0.25, 0.3) is 22.1 Å². The minimum absolute atomic E-state index is 0.164. The van der Waals surface area contributed by atoms with Gasteiger partial charge in [0.15, 0.2) is 0 Å². The number of anilines is 2. The van der Waals surface area contributed by atoms with E-state index in [0.717, 1.165) is 19.6 Å². The topological polar surface area (TPSA) is 259 Å². The number of primary amides is 1. The average Bonchev–Trinajstić information content (AvgIpc) is 4.05. The highest BCUT2D eigenvalue weighted by Crippen LogP contribution is 2.33. The molecule has 1 aliphatic heterocycles. The summed E-state index contributed by atoms with van der Waals surface area (Å²) in [5.74, 6) is 4.43. The molecule has 7 N–H and O–H groups in total. The SMILES string of the molecule is CCn1nc(C)cc1C(=O)Nc1nc2cc(C(=O)NN)cc(OC)c2n1C/C=C/Cn1c(NC(=O)c2cc(C)nn2CC)nc2cc(C(N)=O)cc(OCCCN3CCOCC3)c21. The highest BCUT2D eigenvalue weighted by atomic mass is 16.5.